The molecule has 0 spiro atoms. The van der Waals surface area contributed by atoms with E-state index in [4.69, 9.17) is 9.84 Å². The molecule has 3 rings (SSSR count). The summed E-state index contributed by atoms with van der Waals surface area (Å²) in [6.07, 6.45) is 12.8. The summed E-state index contributed by atoms with van der Waals surface area (Å²) < 4.78 is 5.85. The van der Waals surface area contributed by atoms with Crippen LogP contribution in [0.25, 0.3) is 5.57 Å². The van der Waals surface area contributed by atoms with Gasteiger partial charge in [0.2, 0.25) is 0 Å². The summed E-state index contributed by atoms with van der Waals surface area (Å²) in [6, 6.07) is 4.51. The Kier molecular flexibility index (Phi) is 4.65. The van der Waals surface area contributed by atoms with E-state index in [0.29, 0.717) is 6.61 Å². The number of aryl methyl sites for hydroxylation is 2. The molecule has 0 saturated heterocycles. The highest BCUT2D eigenvalue weighted by atomic mass is 16.5. The van der Waals surface area contributed by atoms with Gasteiger partial charge in [-0.15, -0.1) is 0 Å². The molecule has 0 saturated carbocycles. The lowest BCUT2D eigenvalue weighted by atomic mass is 9.87. The maximum Gasteiger partial charge on any atom is 0.328 e. The Morgan fingerprint density at radius 3 is 2.65 bits per heavy atom. The van der Waals surface area contributed by atoms with E-state index in [-0.39, 0.29) is 0 Å². The predicted octanol–water partition coefficient (Wildman–Crippen LogP) is 4.32. The smallest absolute Gasteiger partial charge is 0.328 e. The summed E-state index contributed by atoms with van der Waals surface area (Å²) in [5, 5.41) is 8.73. The first-order valence-electron chi connectivity index (χ1n) is 8.21. The molecule has 0 unspecified atom stereocenters. The van der Waals surface area contributed by atoms with Crippen LogP contribution in [0.4, 0.5) is 0 Å². The van der Waals surface area contributed by atoms with Gasteiger partial charge in [0.15, 0.2) is 0 Å². The first-order chi connectivity index (χ1) is 11.1. The van der Waals surface area contributed by atoms with Gasteiger partial charge in [-0.3, -0.25) is 0 Å². The molecule has 1 aliphatic heterocycles. The summed E-state index contributed by atoms with van der Waals surface area (Å²) >= 11 is 0. The van der Waals surface area contributed by atoms with Crippen LogP contribution in [-0.4, -0.2) is 17.7 Å². The molecule has 0 bridgehead atoms. The minimum Gasteiger partial charge on any atom is -0.493 e. The number of hydrogen-bond donors (Lipinski definition) is 1. The number of rotatable bonds is 3. The van der Waals surface area contributed by atoms with Crippen LogP contribution in [0.1, 0.15) is 42.9 Å². The minimum atomic E-state index is -0.914. The number of benzene rings is 1. The van der Waals surface area contributed by atoms with Crippen molar-refractivity contribution >= 4 is 11.5 Å². The zero-order valence-electron chi connectivity index (χ0n) is 13.5. The summed E-state index contributed by atoms with van der Waals surface area (Å²) in [6.45, 7) is 2.49. The molecule has 23 heavy (non-hydrogen) atoms. The van der Waals surface area contributed by atoms with Gasteiger partial charge in [-0.1, -0.05) is 18.2 Å². The van der Waals surface area contributed by atoms with Crippen molar-refractivity contribution in [3.63, 3.8) is 0 Å². The van der Waals surface area contributed by atoms with Crippen LogP contribution in [0.3, 0.4) is 0 Å². The lowest BCUT2D eigenvalue weighted by Crippen LogP contribution is -2.11. The molecule has 0 aromatic heterocycles. The first kappa shape index (κ1) is 15.6. The highest BCUT2D eigenvalue weighted by Gasteiger charge is 2.19. The third-order valence-electron chi connectivity index (χ3n) is 4.43. The van der Waals surface area contributed by atoms with Crippen molar-refractivity contribution in [1.29, 1.82) is 0 Å². The molecule has 0 atom stereocenters. The van der Waals surface area contributed by atoms with Crippen LogP contribution in [0.5, 0.6) is 5.75 Å². The van der Waals surface area contributed by atoms with Gasteiger partial charge >= 0.3 is 5.97 Å². The molecular weight excluding hydrogens is 288 g/mol. The first-order valence-corrected chi connectivity index (χ1v) is 8.21. The average Bonchev–Trinajstić information content (AvgIpc) is 2.52. The van der Waals surface area contributed by atoms with Gasteiger partial charge in [-0.25, -0.2) is 4.79 Å². The van der Waals surface area contributed by atoms with Crippen LogP contribution in [0.15, 0.2) is 42.0 Å². The van der Waals surface area contributed by atoms with E-state index < -0.39 is 5.97 Å². The monoisotopic (exact) mass is 310 g/mol. The summed E-state index contributed by atoms with van der Waals surface area (Å²) in [5.74, 6) is 0.0807. The van der Waals surface area contributed by atoms with E-state index >= 15 is 0 Å². The van der Waals surface area contributed by atoms with Crippen molar-refractivity contribution in [2.75, 3.05) is 6.61 Å². The highest BCUT2D eigenvalue weighted by Crippen LogP contribution is 2.37. The Balaban J connectivity index is 1.87. The van der Waals surface area contributed by atoms with Crippen molar-refractivity contribution < 1.29 is 14.6 Å². The summed E-state index contributed by atoms with van der Waals surface area (Å²) in [5.41, 5.74) is 6.08. The molecule has 1 aliphatic carbocycles. The second kappa shape index (κ2) is 6.86. The number of aliphatic carboxylic acids is 1. The van der Waals surface area contributed by atoms with Gasteiger partial charge in [0.25, 0.3) is 0 Å². The molecule has 1 aromatic rings. The van der Waals surface area contributed by atoms with Gasteiger partial charge in [-0.05, 0) is 67.0 Å². The number of ether oxygens (including phenoxy) is 1. The van der Waals surface area contributed by atoms with Crippen molar-refractivity contribution in [2.45, 2.75) is 39.0 Å². The lowest BCUT2D eigenvalue weighted by molar-refractivity contribution is -0.131. The van der Waals surface area contributed by atoms with Crippen molar-refractivity contribution in [3.05, 3.63) is 58.7 Å². The van der Waals surface area contributed by atoms with Gasteiger partial charge in [0.05, 0.1) is 6.61 Å². The highest BCUT2D eigenvalue weighted by molar-refractivity contribution is 5.81. The predicted molar refractivity (Wildman–Crippen MR) is 91.7 cm³/mol. The SMILES string of the molecule is CC(C=CC=C1CCOc2cc3c(cc21)CCCC3)=CC(=O)O. The Labute approximate surface area is 137 Å². The fourth-order valence-corrected chi connectivity index (χ4v) is 3.27. The second-order valence-electron chi connectivity index (χ2n) is 6.20. The molecule has 120 valence electrons. The Hall–Kier alpha value is -2.29. The van der Waals surface area contributed by atoms with Crippen LogP contribution in [-0.2, 0) is 17.6 Å². The molecule has 2 aliphatic rings. The second-order valence-corrected chi connectivity index (χ2v) is 6.20. The van der Waals surface area contributed by atoms with E-state index in [1.165, 1.54) is 41.2 Å². The van der Waals surface area contributed by atoms with Crippen LogP contribution < -0.4 is 4.74 Å². The molecule has 0 amide bonds. The largest absolute Gasteiger partial charge is 0.493 e. The van der Waals surface area contributed by atoms with Gasteiger partial charge < -0.3 is 9.84 Å². The maximum atomic E-state index is 10.6. The number of carboxylic acid groups (broad SMARTS) is 1. The molecule has 0 radical (unpaired) electrons. The van der Waals surface area contributed by atoms with Gasteiger partial charge in [0, 0.05) is 18.1 Å². The van der Waals surface area contributed by atoms with E-state index in [1.54, 1.807) is 6.92 Å². The molecule has 1 heterocycles. The van der Waals surface area contributed by atoms with E-state index in [2.05, 4.69) is 18.2 Å². The molecule has 1 N–H and O–H groups in total. The molecular formula is C20H22O3. The molecule has 3 nitrogen and oxygen atoms in total. The third kappa shape index (κ3) is 3.73. The van der Waals surface area contributed by atoms with Crippen molar-refractivity contribution in [3.8, 4) is 5.75 Å². The van der Waals surface area contributed by atoms with Crippen molar-refractivity contribution in [1.82, 2.24) is 0 Å². The van der Waals surface area contributed by atoms with Crippen LogP contribution in [0.2, 0.25) is 0 Å². The number of allylic oxidation sites excluding steroid dienone is 4. The molecule has 0 fully saturated rings. The number of carbonyl (C=O) groups is 1. The average molecular weight is 310 g/mol. The van der Waals surface area contributed by atoms with Crippen molar-refractivity contribution in [2.24, 2.45) is 0 Å². The summed E-state index contributed by atoms with van der Waals surface area (Å²) in [4.78, 5) is 10.6. The van der Waals surface area contributed by atoms with E-state index in [1.807, 2.05) is 12.2 Å². The standard InChI is InChI=1S/C20H22O3/c1-14(11-20(21)22)5-4-8-15-9-10-23-19-13-17-7-3-2-6-16(17)12-18(15)19/h4-5,8,11-13H,2-3,6-7,9-10H2,1H3,(H,21,22). The zero-order chi connectivity index (χ0) is 16.2. The Morgan fingerprint density at radius 2 is 1.91 bits per heavy atom. The quantitative estimate of drug-likeness (QED) is 0.668. The fourth-order valence-electron chi connectivity index (χ4n) is 3.27. The zero-order valence-corrected chi connectivity index (χ0v) is 13.5. The third-order valence-corrected chi connectivity index (χ3v) is 4.43. The van der Waals surface area contributed by atoms with E-state index in [0.717, 1.165) is 30.6 Å². The fraction of sp³-hybridized carbons (Fsp3) is 0.350. The normalized spacial score (nSPS) is 19.3. The van der Waals surface area contributed by atoms with E-state index in [9.17, 15) is 4.79 Å². The minimum absolute atomic E-state index is 0.704. The maximum absolute atomic E-state index is 10.6. The Bertz CT molecular complexity index is 708. The number of fused-ring (bicyclic) bond motifs is 2. The van der Waals surface area contributed by atoms with Gasteiger partial charge in [0.1, 0.15) is 5.75 Å². The lowest BCUT2D eigenvalue weighted by Gasteiger charge is -2.24. The molecule has 1 aromatic carbocycles. The number of hydrogen-bond acceptors (Lipinski definition) is 2. The van der Waals surface area contributed by atoms with Crippen LogP contribution in [0, 0.1) is 0 Å². The van der Waals surface area contributed by atoms with Crippen LogP contribution >= 0.6 is 0 Å². The Morgan fingerprint density at radius 1 is 1.17 bits per heavy atom. The van der Waals surface area contributed by atoms with Gasteiger partial charge in [-0.2, -0.15) is 0 Å². The summed E-state index contributed by atoms with van der Waals surface area (Å²) in [7, 11) is 0. The topological polar surface area (TPSA) is 46.5 Å². The number of carboxylic acids is 1. The molecule has 3 heteroatoms.